The number of hydrogen-bond donors (Lipinski definition) is 3. The normalized spacial score (nSPS) is 13.3. The number of benzene rings is 2. The lowest BCUT2D eigenvalue weighted by molar-refractivity contribution is -0.118. The highest BCUT2D eigenvalue weighted by Gasteiger charge is 2.28. The molecule has 31 heavy (non-hydrogen) atoms. The van der Waals surface area contributed by atoms with Crippen LogP contribution >= 0.6 is 11.8 Å². The van der Waals surface area contributed by atoms with Gasteiger partial charge in [-0.3, -0.25) is 20.3 Å². The Morgan fingerprint density at radius 3 is 2.58 bits per heavy atom. The maximum absolute atomic E-state index is 12.5. The quantitative estimate of drug-likeness (QED) is 0.526. The number of nitrogens with two attached hydrogens (primary N) is 1. The van der Waals surface area contributed by atoms with Crippen LogP contribution in [0.15, 0.2) is 64.6 Å². The number of aryl methyl sites for hydroxylation is 1. The average molecular weight is 434 g/mol. The highest BCUT2D eigenvalue weighted by atomic mass is 32.2. The fraction of sp³-hybridized carbons (Fsp3) is 0.0952. The van der Waals surface area contributed by atoms with Crippen molar-refractivity contribution in [3.05, 3.63) is 66.1 Å². The zero-order valence-corrected chi connectivity index (χ0v) is 17.3. The molecule has 0 unspecified atom stereocenters. The lowest BCUT2D eigenvalue weighted by atomic mass is 10.0. The van der Waals surface area contributed by atoms with Crippen molar-refractivity contribution < 1.29 is 14.4 Å². The van der Waals surface area contributed by atoms with E-state index in [1.165, 1.54) is 18.1 Å². The van der Waals surface area contributed by atoms with Gasteiger partial charge in [0.1, 0.15) is 18.7 Å². The molecule has 4 amide bonds. The van der Waals surface area contributed by atoms with Crippen LogP contribution in [-0.2, 0) is 4.79 Å². The van der Waals surface area contributed by atoms with E-state index in [0.29, 0.717) is 11.4 Å². The summed E-state index contributed by atoms with van der Waals surface area (Å²) in [7, 11) is 0. The largest absolute Gasteiger partial charge is 0.383 e. The van der Waals surface area contributed by atoms with Gasteiger partial charge in [0, 0.05) is 10.5 Å². The fourth-order valence-electron chi connectivity index (χ4n) is 3.02. The third-order valence-electron chi connectivity index (χ3n) is 4.55. The van der Waals surface area contributed by atoms with Gasteiger partial charge in [-0.05, 0) is 42.3 Å². The molecule has 0 saturated carbocycles. The van der Waals surface area contributed by atoms with Crippen molar-refractivity contribution in [1.29, 1.82) is 0 Å². The molecular formula is C21H18N6O3S. The van der Waals surface area contributed by atoms with Gasteiger partial charge >= 0.3 is 6.03 Å². The van der Waals surface area contributed by atoms with Gasteiger partial charge in [0.05, 0.1) is 10.6 Å². The fourth-order valence-corrected chi connectivity index (χ4v) is 3.95. The Hall–Kier alpha value is -3.92. The number of urea groups is 1. The van der Waals surface area contributed by atoms with Crippen molar-refractivity contribution in [2.75, 3.05) is 12.3 Å². The number of nitrogens with zero attached hydrogens (tertiary/aromatic N) is 3. The second kappa shape index (κ2) is 8.44. The smallest absolute Gasteiger partial charge is 0.343 e. The number of amides is 4. The van der Waals surface area contributed by atoms with Crippen LogP contribution in [0.1, 0.15) is 16.1 Å². The summed E-state index contributed by atoms with van der Waals surface area (Å²) in [4.78, 5) is 45.4. The number of hydrogen-bond acceptors (Lipinski definition) is 7. The van der Waals surface area contributed by atoms with Crippen LogP contribution in [-0.4, -0.2) is 39.4 Å². The predicted octanol–water partition coefficient (Wildman–Crippen LogP) is 2.38. The third kappa shape index (κ3) is 4.48. The SMILES string of the molecule is Cc1ncnc(N)c1Sc1cccc(-c2cccc(C(=O)NN3CC(=O)NC3=O)c2)c1. The van der Waals surface area contributed by atoms with Crippen molar-refractivity contribution >= 4 is 35.4 Å². The van der Waals surface area contributed by atoms with Gasteiger partial charge in [-0.1, -0.05) is 36.0 Å². The number of hydrazine groups is 1. The minimum atomic E-state index is -0.654. The predicted molar refractivity (Wildman–Crippen MR) is 115 cm³/mol. The molecule has 0 bridgehead atoms. The highest BCUT2D eigenvalue weighted by Crippen LogP contribution is 2.34. The van der Waals surface area contributed by atoms with Gasteiger partial charge < -0.3 is 5.73 Å². The van der Waals surface area contributed by atoms with E-state index in [9.17, 15) is 14.4 Å². The van der Waals surface area contributed by atoms with Gasteiger partial charge in [-0.25, -0.2) is 19.8 Å². The number of aromatic nitrogens is 2. The molecule has 10 heteroatoms. The van der Waals surface area contributed by atoms with E-state index in [-0.39, 0.29) is 6.54 Å². The Kier molecular flexibility index (Phi) is 5.54. The standard InChI is InChI=1S/C21H18N6O3S/c1-12-18(19(22)24-11-23-12)31-16-7-3-5-14(9-16)13-4-2-6-15(8-13)20(29)26-27-10-17(28)25-21(27)30/h2-9,11H,10H2,1H3,(H,26,29)(H2,22,23,24)(H,25,28,30). The third-order valence-corrected chi connectivity index (χ3v) is 5.75. The monoisotopic (exact) mass is 434 g/mol. The van der Waals surface area contributed by atoms with Crippen LogP contribution in [0.3, 0.4) is 0 Å². The Balaban J connectivity index is 1.55. The molecule has 156 valence electrons. The molecule has 0 aliphatic carbocycles. The topological polar surface area (TPSA) is 130 Å². The summed E-state index contributed by atoms with van der Waals surface area (Å²) in [5.74, 6) is -0.527. The Bertz CT molecular complexity index is 1180. The van der Waals surface area contributed by atoms with Gasteiger partial charge in [-0.15, -0.1) is 0 Å². The van der Waals surface area contributed by atoms with E-state index in [0.717, 1.165) is 31.6 Å². The van der Waals surface area contributed by atoms with Crippen molar-refractivity contribution in [1.82, 2.24) is 25.7 Å². The summed E-state index contributed by atoms with van der Waals surface area (Å²) in [5.41, 5.74) is 11.3. The molecule has 1 aliphatic heterocycles. The summed E-state index contributed by atoms with van der Waals surface area (Å²) in [5, 5.41) is 3.06. The number of imide groups is 1. The number of rotatable bonds is 5. The van der Waals surface area contributed by atoms with E-state index in [2.05, 4.69) is 20.7 Å². The Morgan fingerprint density at radius 2 is 1.87 bits per heavy atom. The number of carbonyl (C=O) groups is 3. The molecule has 1 aliphatic rings. The van der Waals surface area contributed by atoms with Gasteiger partial charge in [0.2, 0.25) is 5.91 Å². The zero-order valence-electron chi connectivity index (χ0n) is 16.5. The molecule has 2 aromatic carbocycles. The van der Waals surface area contributed by atoms with Crippen LogP contribution in [0.25, 0.3) is 11.1 Å². The van der Waals surface area contributed by atoms with Crippen molar-refractivity contribution in [2.45, 2.75) is 16.7 Å². The molecule has 3 aromatic rings. The van der Waals surface area contributed by atoms with E-state index in [4.69, 9.17) is 5.73 Å². The first kappa shape index (κ1) is 20.4. The maximum atomic E-state index is 12.5. The molecule has 4 N–H and O–H groups in total. The maximum Gasteiger partial charge on any atom is 0.343 e. The summed E-state index contributed by atoms with van der Waals surface area (Å²) >= 11 is 1.47. The molecule has 1 saturated heterocycles. The summed E-state index contributed by atoms with van der Waals surface area (Å²) in [6.07, 6.45) is 1.43. The van der Waals surface area contributed by atoms with E-state index in [1.54, 1.807) is 18.2 Å². The second-order valence-electron chi connectivity index (χ2n) is 6.76. The Morgan fingerprint density at radius 1 is 1.13 bits per heavy atom. The molecule has 0 spiro atoms. The number of nitrogens with one attached hydrogen (secondary N) is 2. The van der Waals surface area contributed by atoms with E-state index in [1.807, 2.05) is 37.3 Å². The van der Waals surface area contributed by atoms with Gasteiger partial charge in [0.15, 0.2) is 0 Å². The second-order valence-corrected chi connectivity index (χ2v) is 7.85. The first-order valence-corrected chi connectivity index (χ1v) is 10.1. The first-order chi connectivity index (χ1) is 14.9. The van der Waals surface area contributed by atoms with Crippen molar-refractivity contribution in [3.63, 3.8) is 0 Å². The molecule has 1 fully saturated rings. The van der Waals surface area contributed by atoms with Crippen LogP contribution in [0.4, 0.5) is 10.6 Å². The molecule has 9 nitrogen and oxygen atoms in total. The van der Waals surface area contributed by atoms with Gasteiger partial charge in [-0.2, -0.15) is 0 Å². The Labute approximate surface area is 182 Å². The van der Waals surface area contributed by atoms with Crippen LogP contribution in [0.2, 0.25) is 0 Å². The summed E-state index contributed by atoms with van der Waals surface area (Å²) < 4.78 is 0. The molecule has 4 rings (SSSR count). The first-order valence-electron chi connectivity index (χ1n) is 9.28. The minimum Gasteiger partial charge on any atom is -0.383 e. The molecule has 2 heterocycles. The van der Waals surface area contributed by atoms with Crippen LogP contribution < -0.4 is 16.5 Å². The van der Waals surface area contributed by atoms with Gasteiger partial charge in [0.25, 0.3) is 5.91 Å². The summed E-state index contributed by atoms with van der Waals surface area (Å²) in [6, 6.07) is 14.1. The number of anilines is 1. The highest BCUT2D eigenvalue weighted by molar-refractivity contribution is 7.99. The van der Waals surface area contributed by atoms with E-state index >= 15 is 0 Å². The molecular weight excluding hydrogens is 416 g/mol. The minimum absolute atomic E-state index is 0.213. The molecule has 0 atom stereocenters. The van der Waals surface area contributed by atoms with Crippen LogP contribution in [0.5, 0.6) is 0 Å². The molecule has 0 radical (unpaired) electrons. The number of carbonyl (C=O) groups excluding carboxylic acids is 3. The number of nitrogen functional groups attached to an aromatic ring is 1. The van der Waals surface area contributed by atoms with Crippen LogP contribution in [0, 0.1) is 6.92 Å². The summed E-state index contributed by atoms with van der Waals surface area (Å²) in [6.45, 7) is 1.66. The zero-order chi connectivity index (χ0) is 22.0. The average Bonchev–Trinajstić information content (AvgIpc) is 3.07. The lowest BCUT2D eigenvalue weighted by Gasteiger charge is -2.15. The van der Waals surface area contributed by atoms with Crippen molar-refractivity contribution in [2.24, 2.45) is 0 Å². The van der Waals surface area contributed by atoms with Crippen molar-refractivity contribution in [3.8, 4) is 11.1 Å². The van der Waals surface area contributed by atoms with E-state index < -0.39 is 17.8 Å². The molecule has 1 aromatic heterocycles. The lowest BCUT2D eigenvalue weighted by Crippen LogP contribution is -2.44.